The predicted octanol–water partition coefficient (Wildman–Crippen LogP) is 1.79. The van der Waals surface area contributed by atoms with Crippen LogP contribution in [0.3, 0.4) is 0 Å². The minimum atomic E-state index is 0.0347. The molecule has 0 radical (unpaired) electrons. The Bertz CT molecular complexity index is 402. The Morgan fingerprint density at radius 3 is 3.00 bits per heavy atom. The fraction of sp³-hybridized carbons (Fsp3) is 0.667. The lowest BCUT2D eigenvalue weighted by Gasteiger charge is -2.37. The normalized spacial score (nSPS) is 22.5. The second-order valence-corrected chi connectivity index (χ2v) is 5.54. The van der Waals surface area contributed by atoms with Crippen LogP contribution in [0.4, 0.5) is 0 Å². The molecule has 1 aliphatic heterocycles. The average molecular weight is 253 g/mol. The third-order valence-corrected chi connectivity index (χ3v) is 4.27. The van der Waals surface area contributed by atoms with Gasteiger partial charge in [-0.25, -0.2) is 4.98 Å². The Kier molecular flexibility index (Phi) is 3.79. The molecular formula is C12H19N3OS. The molecule has 94 valence electrons. The van der Waals surface area contributed by atoms with E-state index in [1.165, 1.54) is 11.3 Å². The van der Waals surface area contributed by atoms with Crippen LogP contribution in [0.5, 0.6) is 0 Å². The Morgan fingerprint density at radius 2 is 2.41 bits per heavy atom. The topological polar surface area (TPSA) is 59.2 Å². The summed E-state index contributed by atoms with van der Waals surface area (Å²) in [5, 5.41) is 0. The van der Waals surface area contributed by atoms with E-state index in [1.54, 1.807) is 5.51 Å². The number of aryl methyl sites for hydroxylation is 1. The van der Waals surface area contributed by atoms with Gasteiger partial charge in [-0.2, -0.15) is 0 Å². The number of nitrogens with two attached hydrogens (primary N) is 1. The SMILES string of the molecule is Cc1ncsc1C(=O)N1CCCCC1C(C)N. The van der Waals surface area contributed by atoms with Crippen LogP contribution in [0.15, 0.2) is 5.51 Å². The minimum Gasteiger partial charge on any atom is -0.333 e. The molecule has 0 saturated carbocycles. The lowest BCUT2D eigenvalue weighted by Crippen LogP contribution is -2.51. The van der Waals surface area contributed by atoms with E-state index in [0.29, 0.717) is 0 Å². The largest absolute Gasteiger partial charge is 0.333 e. The predicted molar refractivity (Wildman–Crippen MR) is 69.2 cm³/mol. The van der Waals surface area contributed by atoms with Crippen molar-refractivity contribution in [3.8, 4) is 0 Å². The van der Waals surface area contributed by atoms with Gasteiger partial charge in [-0.3, -0.25) is 4.79 Å². The molecule has 1 amide bonds. The van der Waals surface area contributed by atoms with Gasteiger partial charge >= 0.3 is 0 Å². The number of nitrogens with zero attached hydrogens (tertiary/aromatic N) is 2. The van der Waals surface area contributed by atoms with Crippen molar-refractivity contribution in [2.45, 2.75) is 45.2 Å². The first-order valence-electron chi connectivity index (χ1n) is 6.08. The summed E-state index contributed by atoms with van der Waals surface area (Å²) >= 11 is 1.42. The van der Waals surface area contributed by atoms with E-state index in [4.69, 9.17) is 5.73 Å². The summed E-state index contributed by atoms with van der Waals surface area (Å²) in [6.45, 7) is 4.69. The van der Waals surface area contributed by atoms with Crippen molar-refractivity contribution < 1.29 is 4.79 Å². The van der Waals surface area contributed by atoms with Crippen LogP contribution < -0.4 is 5.73 Å². The number of aromatic nitrogens is 1. The van der Waals surface area contributed by atoms with Crippen molar-refractivity contribution in [2.24, 2.45) is 5.73 Å². The lowest BCUT2D eigenvalue weighted by atomic mass is 9.96. The van der Waals surface area contributed by atoms with Crippen molar-refractivity contribution in [3.05, 3.63) is 16.1 Å². The maximum Gasteiger partial charge on any atom is 0.266 e. The van der Waals surface area contributed by atoms with Gasteiger partial charge in [0.2, 0.25) is 0 Å². The second kappa shape index (κ2) is 5.14. The average Bonchev–Trinajstić information content (AvgIpc) is 2.74. The van der Waals surface area contributed by atoms with Crippen LogP contribution in [-0.4, -0.2) is 34.4 Å². The van der Waals surface area contributed by atoms with Crippen LogP contribution in [0, 0.1) is 6.92 Å². The highest BCUT2D eigenvalue weighted by atomic mass is 32.1. The van der Waals surface area contributed by atoms with Gasteiger partial charge < -0.3 is 10.6 Å². The maximum absolute atomic E-state index is 12.4. The Hall–Kier alpha value is -0.940. The molecule has 0 bridgehead atoms. The molecule has 0 spiro atoms. The molecule has 1 aromatic rings. The molecule has 2 unspecified atom stereocenters. The zero-order chi connectivity index (χ0) is 12.4. The van der Waals surface area contributed by atoms with E-state index in [0.717, 1.165) is 36.4 Å². The molecule has 1 saturated heterocycles. The van der Waals surface area contributed by atoms with Gasteiger partial charge in [0, 0.05) is 18.6 Å². The van der Waals surface area contributed by atoms with Gasteiger partial charge in [0.15, 0.2) is 0 Å². The molecule has 1 fully saturated rings. The van der Waals surface area contributed by atoms with Gasteiger partial charge in [-0.1, -0.05) is 0 Å². The van der Waals surface area contributed by atoms with Crippen LogP contribution >= 0.6 is 11.3 Å². The highest BCUT2D eigenvalue weighted by Crippen LogP contribution is 2.23. The highest BCUT2D eigenvalue weighted by Gasteiger charge is 2.31. The van der Waals surface area contributed by atoms with Crippen molar-refractivity contribution >= 4 is 17.2 Å². The van der Waals surface area contributed by atoms with E-state index in [9.17, 15) is 4.79 Å². The number of carbonyl (C=O) groups is 1. The molecule has 2 heterocycles. The number of amides is 1. The quantitative estimate of drug-likeness (QED) is 0.874. The number of piperidine rings is 1. The summed E-state index contributed by atoms with van der Waals surface area (Å²) in [7, 11) is 0. The summed E-state index contributed by atoms with van der Waals surface area (Å²) in [5.74, 6) is 0.104. The first-order valence-corrected chi connectivity index (χ1v) is 6.96. The standard InChI is InChI=1S/C12H19N3OS/c1-8(13)10-5-3-4-6-15(10)12(16)11-9(2)14-7-17-11/h7-8,10H,3-6,13H2,1-2H3. The molecule has 1 aromatic heterocycles. The zero-order valence-electron chi connectivity index (χ0n) is 10.3. The summed E-state index contributed by atoms with van der Waals surface area (Å²) < 4.78 is 0. The zero-order valence-corrected chi connectivity index (χ0v) is 11.2. The van der Waals surface area contributed by atoms with Crippen LogP contribution in [-0.2, 0) is 0 Å². The molecular weight excluding hydrogens is 234 g/mol. The molecule has 0 aromatic carbocycles. The van der Waals surface area contributed by atoms with E-state index < -0.39 is 0 Å². The Labute approximate surface area is 106 Å². The Morgan fingerprint density at radius 1 is 1.65 bits per heavy atom. The fourth-order valence-electron chi connectivity index (χ4n) is 2.39. The van der Waals surface area contributed by atoms with E-state index in [-0.39, 0.29) is 18.0 Å². The molecule has 5 heteroatoms. The van der Waals surface area contributed by atoms with Crippen molar-refractivity contribution in [2.75, 3.05) is 6.54 Å². The number of thiazole rings is 1. The van der Waals surface area contributed by atoms with Crippen molar-refractivity contribution in [1.82, 2.24) is 9.88 Å². The van der Waals surface area contributed by atoms with Crippen LogP contribution in [0.25, 0.3) is 0 Å². The Balaban J connectivity index is 2.20. The van der Waals surface area contributed by atoms with Gasteiger partial charge in [-0.05, 0) is 33.1 Å². The number of carbonyl (C=O) groups excluding carboxylic acids is 1. The van der Waals surface area contributed by atoms with Gasteiger partial charge in [0.1, 0.15) is 4.88 Å². The molecule has 2 rings (SSSR count). The smallest absolute Gasteiger partial charge is 0.266 e. The first kappa shape index (κ1) is 12.5. The fourth-order valence-corrected chi connectivity index (χ4v) is 3.15. The molecule has 0 aliphatic carbocycles. The molecule has 4 nitrogen and oxygen atoms in total. The first-order chi connectivity index (χ1) is 8.11. The summed E-state index contributed by atoms with van der Waals surface area (Å²) in [4.78, 5) is 19.3. The van der Waals surface area contributed by atoms with E-state index in [2.05, 4.69) is 4.98 Å². The van der Waals surface area contributed by atoms with E-state index in [1.807, 2.05) is 18.7 Å². The summed E-state index contributed by atoms with van der Waals surface area (Å²) in [6, 6.07) is 0.213. The highest BCUT2D eigenvalue weighted by molar-refractivity contribution is 7.11. The number of likely N-dealkylation sites (tertiary alicyclic amines) is 1. The van der Waals surface area contributed by atoms with Crippen LogP contribution in [0.2, 0.25) is 0 Å². The number of hydrogen-bond acceptors (Lipinski definition) is 4. The summed E-state index contributed by atoms with van der Waals surface area (Å²) in [5.41, 5.74) is 8.54. The van der Waals surface area contributed by atoms with Gasteiger partial charge in [0.25, 0.3) is 5.91 Å². The third kappa shape index (κ3) is 2.50. The molecule has 17 heavy (non-hydrogen) atoms. The lowest BCUT2D eigenvalue weighted by molar-refractivity contribution is 0.0588. The van der Waals surface area contributed by atoms with Crippen molar-refractivity contribution in [1.29, 1.82) is 0 Å². The van der Waals surface area contributed by atoms with Crippen molar-refractivity contribution in [3.63, 3.8) is 0 Å². The summed E-state index contributed by atoms with van der Waals surface area (Å²) in [6.07, 6.45) is 3.26. The van der Waals surface area contributed by atoms with E-state index >= 15 is 0 Å². The molecule has 2 N–H and O–H groups in total. The molecule has 2 atom stereocenters. The second-order valence-electron chi connectivity index (χ2n) is 4.69. The number of rotatable bonds is 2. The minimum absolute atomic E-state index is 0.0347. The third-order valence-electron chi connectivity index (χ3n) is 3.36. The molecule has 1 aliphatic rings. The maximum atomic E-state index is 12.4. The van der Waals surface area contributed by atoms with Crippen LogP contribution in [0.1, 0.15) is 41.6 Å². The van der Waals surface area contributed by atoms with Gasteiger partial charge in [-0.15, -0.1) is 11.3 Å². The van der Waals surface area contributed by atoms with Gasteiger partial charge in [0.05, 0.1) is 11.2 Å². The number of hydrogen-bond donors (Lipinski definition) is 1. The monoisotopic (exact) mass is 253 g/mol.